The second-order valence-corrected chi connectivity index (χ2v) is 4.50. The highest BCUT2D eigenvalue weighted by Gasteiger charge is 2.31. The molecule has 1 aromatic carbocycles. The molecule has 1 aromatic rings. The van der Waals surface area contributed by atoms with Crippen LogP contribution >= 0.6 is 0 Å². The van der Waals surface area contributed by atoms with E-state index in [2.05, 4.69) is 0 Å². The third-order valence-electron chi connectivity index (χ3n) is 3.08. The minimum Gasteiger partial charge on any atom is -0.389 e. The molecule has 0 aliphatic carbocycles. The van der Waals surface area contributed by atoms with Crippen molar-refractivity contribution < 1.29 is 14.6 Å². The molecule has 0 amide bonds. The Balaban J connectivity index is 2.36. The van der Waals surface area contributed by atoms with E-state index in [4.69, 9.17) is 5.73 Å². The van der Waals surface area contributed by atoms with E-state index in [1.54, 1.807) is 24.0 Å². The number of benzene rings is 1. The molecular formula is C12H17FN2O2. The largest absolute Gasteiger partial charge is 0.389 e. The van der Waals surface area contributed by atoms with Gasteiger partial charge in [0.1, 0.15) is 5.82 Å². The van der Waals surface area contributed by atoms with Crippen LogP contribution < -0.4 is 10.6 Å². The Morgan fingerprint density at radius 2 is 1.94 bits per heavy atom. The maximum Gasteiger partial charge on any atom is 0.130 e. The van der Waals surface area contributed by atoms with Crippen molar-refractivity contribution in [1.29, 1.82) is 0 Å². The third-order valence-corrected chi connectivity index (χ3v) is 3.08. The van der Waals surface area contributed by atoms with Crippen molar-refractivity contribution in [3.05, 3.63) is 29.6 Å². The van der Waals surface area contributed by atoms with Gasteiger partial charge in [-0.2, -0.15) is 0 Å². The number of aliphatic hydroxyl groups excluding tert-OH is 2. The summed E-state index contributed by atoms with van der Waals surface area (Å²) in [6, 6.07) is 4.30. The molecule has 0 saturated carbocycles. The summed E-state index contributed by atoms with van der Waals surface area (Å²) in [5.41, 5.74) is 6.83. The predicted octanol–water partition coefficient (Wildman–Crippen LogP) is 0.387. The highest BCUT2D eigenvalue weighted by Crippen LogP contribution is 2.30. The first kappa shape index (κ1) is 12.3. The molecule has 0 spiro atoms. The molecule has 3 atom stereocenters. The molecule has 0 aromatic heterocycles. The monoisotopic (exact) mass is 240 g/mol. The van der Waals surface area contributed by atoms with Crippen molar-refractivity contribution in [2.45, 2.75) is 25.2 Å². The SMILES string of the molecule is CC(N)c1c(F)cccc1N1CC(O)C(O)C1. The molecule has 1 aliphatic heterocycles. The average molecular weight is 240 g/mol. The lowest BCUT2D eigenvalue weighted by molar-refractivity contribution is 0.0572. The Labute approximate surface area is 99.5 Å². The van der Waals surface area contributed by atoms with Gasteiger partial charge in [-0.25, -0.2) is 4.39 Å². The van der Waals surface area contributed by atoms with Gasteiger partial charge in [0.25, 0.3) is 0 Å². The van der Waals surface area contributed by atoms with Gasteiger partial charge < -0.3 is 20.8 Å². The molecule has 0 bridgehead atoms. The van der Waals surface area contributed by atoms with Crippen molar-refractivity contribution in [3.63, 3.8) is 0 Å². The fraction of sp³-hybridized carbons (Fsp3) is 0.500. The van der Waals surface area contributed by atoms with Crippen LogP contribution in [0.15, 0.2) is 18.2 Å². The molecule has 4 N–H and O–H groups in total. The lowest BCUT2D eigenvalue weighted by atomic mass is 10.1. The normalized spacial score (nSPS) is 26.3. The minimum atomic E-state index is -0.792. The average Bonchev–Trinajstić information content (AvgIpc) is 2.58. The Bertz CT molecular complexity index is 401. The van der Waals surface area contributed by atoms with Crippen LogP contribution in [-0.4, -0.2) is 35.5 Å². The smallest absolute Gasteiger partial charge is 0.130 e. The quantitative estimate of drug-likeness (QED) is 0.699. The van der Waals surface area contributed by atoms with Gasteiger partial charge >= 0.3 is 0 Å². The summed E-state index contributed by atoms with van der Waals surface area (Å²) in [6.07, 6.45) is -1.58. The van der Waals surface area contributed by atoms with Crippen molar-refractivity contribution in [3.8, 4) is 0 Å². The van der Waals surface area contributed by atoms with Crippen LogP contribution in [0.3, 0.4) is 0 Å². The van der Waals surface area contributed by atoms with Crippen LogP contribution in [0, 0.1) is 5.82 Å². The number of β-amino-alcohol motifs (C(OH)–C–C–N with tert-alkyl or cyclic N) is 2. The molecule has 2 rings (SSSR count). The Morgan fingerprint density at radius 1 is 1.35 bits per heavy atom. The van der Waals surface area contributed by atoms with Gasteiger partial charge in [0, 0.05) is 30.4 Å². The Hall–Kier alpha value is -1.17. The summed E-state index contributed by atoms with van der Waals surface area (Å²) >= 11 is 0. The molecule has 1 aliphatic rings. The molecule has 5 heteroatoms. The summed E-state index contributed by atoms with van der Waals surface area (Å²) in [4.78, 5) is 1.76. The maximum atomic E-state index is 13.7. The fourth-order valence-corrected chi connectivity index (χ4v) is 2.22. The Morgan fingerprint density at radius 3 is 2.47 bits per heavy atom. The second kappa shape index (κ2) is 4.60. The van der Waals surface area contributed by atoms with E-state index in [0.29, 0.717) is 24.3 Å². The van der Waals surface area contributed by atoms with Crippen LogP contribution in [-0.2, 0) is 0 Å². The highest BCUT2D eigenvalue weighted by atomic mass is 19.1. The molecule has 94 valence electrons. The first-order valence-electron chi connectivity index (χ1n) is 5.65. The zero-order valence-electron chi connectivity index (χ0n) is 9.68. The van der Waals surface area contributed by atoms with E-state index in [1.165, 1.54) is 6.07 Å². The van der Waals surface area contributed by atoms with Crippen molar-refractivity contribution >= 4 is 5.69 Å². The number of anilines is 1. The number of hydrogen-bond donors (Lipinski definition) is 3. The maximum absolute atomic E-state index is 13.7. The van der Waals surface area contributed by atoms with Crippen LogP contribution in [0.25, 0.3) is 0 Å². The topological polar surface area (TPSA) is 69.7 Å². The van der Waals surface area contributed by atoms with Gasteiger partial charge in [-0.1, -0.05) is 6.07 Å². The lowest BCUT2D eigenvalue weighted by Gasteiger charge is -2.23. The summed E-state index contributed by atoms with van der Waals surface area (Å²) < 4.78 is 13.7. The first-order chi connectivity index (χ1) is 8.00. The van der Waals surface area contributed by atoms with Crippen LogP contribution in [0.1, 0.15) is 18.5 Å². The Kier molecular flexibility index (Phi) is 3.33. The van der Waals surface area contributed by atoms with Crippen molar-refractivity contribution in [2.24, 2.45) is 5.73 Å². The fourth-order valence-electron chi connectivity index (χ4n) is 2.22. The van der Waals surface area contributed by atoms with Crippen molar-refractivity contribution in [1.82, 2.24) is 0 Å². The zero-order valence-corrected chi connectivity index (χ0v) is 9.68. The number of nitrogens with two attached hydrogens (primary N) is 1. The minimum absolute atomic E-state index is 0.296. The van der Waals surface area contributed by atoms with E-state index in [1.807, 2.05) is 0 Å². The van der Waals surface area contributed by atoms with Gasteiger partial charge in [0.05, 0.1) is 12.2 Å². The van der Waals surface area contributed by atoms with E-state index >= 15 is 0 Å². The molecule has 1 fully saturated rings. The summed E-state index contributed by atoms with van der Waals surface area (Å²) in [5, 5.41) is 19.0. The van der Waals surface area contributed by atoms with Gasteiger partial charge in [0.2, 0.25) is 0 Å². The van der Waals surface area contributed by atoms with Gasteiger partial charge in [-0.15, -0.1) is 0 Å². The van der Waals surface area contributed by atoms with E-state index in [0.717, 1.165) is 0 Å². The summed E-state index contributed by atoms with van der Waals surface area (Å²) in [7, 11) is 0. The molecular weight excluding hydrogens is 223 g/mol. The van der Waals surface area contributed by atoms with E-state index in [9.17, 15) is 14.6 Å². The standard InChI is InChI=1S/C12H17FN2O2/c1-7(14)12-8(13)3-2-4-9(12)15-5-10(16)11(17)6-15/h2-4,7,10-11,16-17H,5-6,14H2,1H3. The second-order valence-electron chi connectivity index (χ2n) is 4.50. The van der Waals surface area contributed by atoms with Crippen LogP contribution in [0.4, 0.5) is 10.1 Å². The molecule has 0 radical (unpaired) electrons. The lowest BCUT2D eigenvalue weighted by Crippen LogP contribution is -2.24. The zero-order chi connectivity index (χ0) is 12.6. The number of hydrogen-bond acceptors (Lipinski definition) is 4. The molecule has 3 unspecified atom stereocenters. The van der Waals surface area contributed by atoms with Crippen LogP contribution in [0.2, 0.25) is 0 Å². The predicted molar refractivity (Wildman–Crippen MR) is 63.2 cm³/mol. The van der Waals surface area contributed by atoms with Gasteiger partial charge in [-0.3, -0.25) is 0 Å². The van der Waals surface area contributed by atoms with E-state index in [-0.39, 0.29) is 5.82 Å². The molecule has 1 heterocycles. The molecule has 17 heavy (non-hydrogen) atoms. The number of nitrogens with zero attached hydrogens (tertiary/aromatic N) is 1. The number of halogens is 1. The highest BCUT2D eigenvalue weighted by molar-refractivity contribution is 5.56. The first-order valence-corrected chi connectivity index (χ1v) is 5.65. The van der Waals surface area contributed by atoms with Gasteiger partial charge in [0.15, 0.2) is 0 Å². The van der Waals surface area contributed by atoms with Crippen LogP contribution in [0.5, 0.6) is 0 Å². The summed E-state index contributed by atoms with van der Waals surface area (Å²) in [5.74, 6) is -0.353. The molecule has 4 nitrogen and oxygen atoms in total. The number of aliphatic hydroxyl groups is 2. The van der Waals surface area contributed by atoms with Gasteiger partial charge in [-0.05, 0) is 19.1 Å². The molecule has 1 saturated heterocycles. The number of rotatable bonds is 2. The van der Waals surface area contributed by atoms with Crippen molar-refractivity contribution in [2.75, 3.05) is 18.0 Å². The third kappa shape index (κ3) is 2.26. The van der Waals surface area contributed by atoms with E-state index < -0.39 is 18.2 Å². The summed E-state index contributed by atoms with van der Waals surface area (Å²) in [6.45, 7) is 2.31.